The molecule has 0 bridgehead atoms. The molecule has 1 aliphatic rings. The molecular weight excluding hydrogens is 254 g/mol. The molecule has 0 saturated carbocycles. The van der Waals surface area contributed by atoms with E-state index in [-0.39, 0.29) is 18.4 Å². The Hall–Kier alpha value is -1.65. The summed E-state index contributed by atoms with van der Waals surface area (Å²) >= 11 is 0. The molecule has 0 spiro atoms. The monoisotopic (exact) mass is 267 g/mol. The molecule has 3 rings (SSSR count). The highest BCUT2D eigenvalue weighted by Crippen LogP contribution is 2.33. The molecule has 1 unspecified atom stereocenters. The van der Waals surface area contributed by atoms with Gasteiger partial charge in [-0.05, 0) is 29.8 Å². The molecule has 1 aromatic carbocycles. The zero-order valence-corrected chi connectivity index (χ0v) is 10.5. The Morgan fingerprint density at radius 3 is 2.56 bits per heavy atom. The summed E-state index contributed by atoms with van der Waals surface area (Å²) < 4.78 is 16.3. The third kappa shape index (κ3) is 2.30. The number of benzene rings is 1. The molecule has 2 N–H and O–H groups in total. The maximum Gasteiger partial charge on any atom is 0.161 e. The molecule has 4 nitrogen and oxygen atoms in total. The van der Waals surface area contributed by atoms with Crippen LogP contribution in [0.1, 0.15) is 17.4 Å². The van der Waals surface area contributed by atoms with E-state index < -0.39 is 0 Å². The highest BCUT2D eigenvalue weighted by Gasteiger charge is 2.16. The van der Waals surface area contributed by atoms with Gasteiger partial charge >= 0.3 is 0 Å². The fourth-order valence-corrected chi connectivity index (χ4v) is 1.89. The molecule has 2 heterocycles. The summed E-state index contributed by atoms with van der Waals surface area (Å²) in [6.07, 6.45) is 1.62. The largest absolute Gasteiger partial charge is 0.486 e. The van der Waals surface area contributed by atoms with Gasteiger partial charge in [-0.2, -0.15) is 0 Å². The van der Waals surface area contributed by atoms with Crippen LogP contribution in [0.3, 0.4) is 0 Å². The Bertz CT molecular complexity index is 513. The SMILES string of the molecule is Cl.NC(c1ccc2c(c1)OCCO2)c1ccco1. The van der Waals surface area contributed by atoms with E-state index in [2.05, 4.69) is 0 Å². The van der Waals surface area contributed by atoms with E-state index in [4.69, 9.17) is 19.6 Å². The fraction of sp³-hybridized carbons (Fsp3) is 0.231. The van der Waals surface area contributed by atoms with Crippen molar-refractivity contribution in [2.45, 2.75) is 6.04 Å². The second-order valence-electron chi connectivity index (χ2n) is 3.90. The van der Waals surface area contributed by atoms with Gasteiger partial charge in [0.1, 0.15) is 19.0 Å². The summed E-state index contributed by atoms with van der Waals surface area (Å²) in [4.78, 5) is 0. The topological polar surface area (TPSA) is 57.6 Å². The van der Waals surface area contributed by atoms with E-state index in [9.17, 15) is 0 Å². The molecule has 1 aromatic heterocycles. The van der Waals surface area contributed by atoms with Crippen molar-refractivity contribution in [3.05, 3.63) is 47.9 Å². The van der Waals surface area contributed by atoms with Crippen molar-refractivity contribution in [2.24, 2.45) is 5.73 Å². The van der Waals surface area contributed by atoms with Crippen LogP contribution in [0, 0.1) is 0 Å². The van der Waals surface area contributed by atoms with Crippen molar-refractivity contribution in [1.29, 1.82) is 0 Å². The first kappa shape index (κ1) is 12.8. The van der Waals surface area contributed by atoms with Crippen LogP contribution in [0.4, 0.5) is 0 Å². The minimum Gasteiger partial charge on any atom is -0.486 e. The van der Waals surface area contributed by atoms with Gasteiger partial charge in [0, 0.05) is 0 Å². The van der Waals surface area contributed by atoms with Crippen LogP contribution in [-0.2, 0) is 0 Å². The molecule has 2 aromatic rings. The van der Waals surface area contributed by atoms with Crippen LogP contribution >= 0.6 is 12.4 Å². The second kappa shape index (κ2) is 5.33. The lowest BCUT2D eigenvalue weighted by molar-refractivity contribution is 0.171. The Morgan fingerprint density at radius 1 is 1.06 bits per heavy atom. The van der Waals surface area contributed by atoms with Gasteiger partial charge in [0.15, 0.2) is 11.5 Å². The zero-order chi connectivity index (χ0) is 11.7. The van der Waals surface area contributed by atoms with Gasteiger partial charge in [0.2, 0.25) is 0 Å². The zero-order valence-electron chi connectivity index (χ0n) is 9.67. The van der Waals surface area contributed by atoms with Crippen molar-refractivity contribution in [2.75, 3.05) is 13.2 Å². The van der Waals surface area contributed by atoms with Crippen molar-refractivity contribution >= 4 is 12.4 Å². The van der Waals surface area contributed by atoms with Gasteiger partial charge in [-0.15, -0.1) is 12.4 Å². The average molecular weight is 268 g/mol. The Balaban J connectivity index is 0.00000120. The predicted molar refractivity (Wildman–Crippen MR) is 69.4 cm³/mol. The third-order valence-corrected chi connectivity index (χ3v) is 2.78. The number of rotatable bonds is 2. The van der Waals surface area contributed by atoms with Gasteiger partial charge in [0.05, 0.1) is 12.3 Å². The molecule has 0 radical (unpaired) electrons. The predicted octanol–water partition coefficient (Wildman–Crippen LogP) is 2.52. The smallest absolute Gasteiger partial charge is 0.161 e. The maximum absolute atomic E-state index is 6.10. The van der Waals surface area contributed by atoms with E-state index in [1.165, 1.54) is 0 Å². The fourth-order valence-electron chi connectivity index (χ4n) is 1.89. The summed E-state index contributed by atoms with van der Waals surface area (Å²) in [7, 11) is 0. The lowest BCUT2D eigenvalue weighted by atomic mass is 10.0. The average Bonchev–Trinajstić information content (AvgIpc) is 2.91. The van der Waals surface area contributed by atoms with Crippen molar-refractivity contribution < 1.29 is 13.9 Å². The van der Waals surface area contributed by atoms with E-state index in [1.807, 2.05) is 30.3 Å². The number of ether oxygens (including phenoxy) is 2. The second-order valence-corrected chi connectivity index (χ2v) is 3.90. The highest BCUT2D eigenvalue weighted by molar-refractivity contribution is 5.85. The molecule has 0 amide bonds. The first-order valence-electron chi connectivity index (χ1n) is 5.53. The van der Waals surface area contributed by atoms with Gasteiger partial charge in [-0.3, -0.25) is 0 Å². The van der Waals surface area contributed by atoms with Gasteiger partial charge < -0.3 is 19.6 Å². The first-order chi connectivity index (χ1) is 8.34. The van der Waals surface area contributed by atoms with Crippen LogP contribution < -0.4 is 15.2 Å². The summed E-state index contributed by atoms with van der Waals surface area (Å²) in [5, 5.41) is 0. The summed E-state index contributed by atoms with van der Waals surface area (Å²) in [6, 6.07) is 9.13. The van der Waals surface area contributed by atoms with Gasteiger partial charge in [-0.25, -0.2) is 0 Å². The standard InChI is InChI=1S/C13H13NO3.ClH/c14-13(11-2-1-5-15-11)9-3-4-10-12(8-9)17-7-6-16-10;/h1-5,8,13H,6-7,14H2;1H. The van der Waals surface area contributed by atoms with Crippen LogP contribution in [0.25, 0.3) is 0 Å². The molecular formula is C13H14ClNO3. The third-order valence-electron chi connectivity index (χ3n) is 2.78. The van der Waals surface area contributed by atoms with Crippen molar-refractivity contribution in [3.8, 4) is 11.5 Å². The minimum absolute atomic E-state index is 0. The van der Waals surface area contributed by atoms with Gasteiger partial charge in [0.25, 0.3) is 0 Å². The lowest BCUT2D eigenvalue weighted by Gasteiger charge is -2.20. The Morgan fingerprint density at radius 2 is 1.83 bits per heavy atom. The highest BCUT2D eigenvalue weighted by atomic mass is 35.5. The number of hydrogen-bond acceptors (Lipinski definition) is 4. The molecule has 5 heteroatoms. The van der Waals surface area contributed by atoms with E-state index in [0.29, 0.717) is 13.2 Å². The molecule has 0 aliphatic carbocycles. The normalized spacial score (nSPS) is 14.7. The summed E-state index contributed by atoms with van der Waals surface area (Å²) in [5.74, 6) is 2.25. The molecule has 0 fully saturated rings. The lowest BCUT2D eigenvalue weighted by Crippen LogP contribution is -2.17. The first-order valence-corrected chi connectivity index (χ1v) is 5.53. The number of halogens is 1. The Kier molecular flexibility index (Phi) is 3.79. The number of furan rings is 1. The number of fused-ring (bicyclic) bond motifs is 1. The minimum atomic E-state index is -0.277. The summed E-state index contributed by atoms with van der Waals surface area (Å²) in [5.41, 5.74) is 7.05. The molecule has 18 heavy (non-hydrogen) atoms. The number of nitrogens with two attached hydrogens (primary N) is 1. The van der Waals surface area contributed by atoms with Crippen molar-refractivity contribution in [3.63, 3.8) is 0 Å². The summed E-state index contributed by atoms with van der Waals surface area (Å²) in [6.45, 7) is 1.17. The number of hydrogen-bond donors (Lipinski definition) is 1. The molecule has 0 saturated heterocycles. The molecule has 96 valence electrons. The van der Waals surface area contributed by atoms with Crippen LogP contribution in [0.2, 0.25) is 0 Å². The van der Waals surface area contributed by atoms with Crippen LogP contribution in [0.15, 0.2) is 41.0 Å². The Labute approximate surface area is 111 Å². The van der Waals surface area contributed by atoms with E-state index in [1.54, 1.807) is 6.26 Å². The van der Waals surface area contributed by atoms with Crippen LogP contribution in [0.5, 0.6) is 11.5 Å². The van der Waals surface area contributed by atoms with Crippen molar-refractivity contribution in [1.82, 2.24) is 0 Å². The van der Waals surface area contributed by atoms with E-state index in [0.717, 1.165) is 22.8 Å². The molecule has 1 aliphatic heterocycles. The quantitative estimate of drug-likeness (QED) is 0.908. The molecule has 1 atom stereocenters. The van der Waals surface area contributed by atoms with Gasteiger partial charge in [-0.1, -0.05) is 6.07 Å². The van der Waals surface area contributed by atoms with E-state index >= 15 is 0 Å². The van der Waals surface area contributed by atoms with Crippen LogP contribution in [-0.4, -0.2) is 13.2 Å². The maximum atomic E-state index is 6.10.